The van der Waals surface area contributed by atoms with Crippen molar-refractivity contribution in [3.63, 3.8) is 0 Å². The zero-order valence-electron chi connectivity index (χ0n) is 12.0. The van der Waals surface area contributed by atoms with Gasteiger partial charge in [-0.3, -0.25) is 5.10 Å². The molecule has 0 saturated carbocycles. The number of aromatic amines is 1. The first-order valence-electron chi connectivity index (χ1n) is 6.89. The number of benzene rings is 1. The van der Waals surface area contributed by atoms with E-state index in [1.807, 2.05) is 6.07 Å². The number of anilines is 1. The number of hydrogen-bond acceptors (Lipinski definition) is 2. The van der Waals surface area contributed by atoms with Crippen LogP contribution in [0.3, 0.4) is 0 Å². The Kier molecular flexibility index (Phi) is 2.66. The van der Waals surface area contributed by atoms with Crippen molar-refractivity contribution < 1.29 is 0 Å². The van der Waals surface area contributed by atoms with Crippen LogP contribution in [0.15, 0.2) is 24.4 Å². The van der Waals surface area contributed by atoms with E-state index in [0.717, 1.165) is 5.69 Å². The Labute approximate surface area is 114 Å². The van der Waals surface area contributed by atoms with Gasteiger partial charge >= 0.3 is 0 Å². The van der Waals surface area contributed by atoms with E-state index >= 15 is 0 Å². The number of nitrogens with one attached hydrogen (secondary N) is 2. The number of hydrogen-bond donors (Lipinski definition) is 2. The normalized spacial score (nSPS) is 20.7. The highest BCUT2D eigenvalue weighted by molar-refractivity contribution is 5.72. The van der Waals surface area contributed by atoms with Crippen molar-refractivity contribution in [2.75, 3.05) is 5.32 Å². The highest BCUT2D eigenvalue weighted by atomic mass is 15.1. The molecule has 0 fully saturated rings. The molecule has 1 aromatic carbocycles. The molecule has 1 aromatic heterocycles. The molecule has 3 heteroatoms. The minimum Gasteiger partial charge on any atom is -0.380 e. The Bertz CT molecular complexity index is 597. The van der Waals surface area contributed by atoms with Crippen molar-refractivity contribution in [1.82, 2.24) is 10.2 Å². The van der Waals surface area contributed by atoms with E-state index < -0.39 is 0 Å². The fourth-order valence-electron chi connectivity index (χ4n) is 3.23. The summed E-state index contributed by atoms with van der Waals surface area (Å²) in [5.41, 5.74) is 6.47. The maximum Gasteiger partial charge on any atom is 0.0653 e. The fraction of sp³-hybridized carbons (Fsp3) is 0.438. The van der Waals surface area contributed by atoms with Gasteiger partial charge in [-0.25, -0.2) is 0 Å². The molecule has 2 N–H and O–H groups in total. The molecule has 0 unspecified atom stereocenters. The van der Waals surface area contributed by atoms with E-state index in [-0.39, 0.29) is 5.54 Å². The molecule has 0 saturated heterocycles. The summed E-state index contributed by atoms with van der Waals surface area (Å²) in [6.45, 7) is 9.02. The van der Waals surface area contributed by atoms with Gasteiger partial charge in [0, 0.05) is 23.0 Å². The number of nitrogens with zero attached hydrogens (tertiary/aromatic N) is 1. The monoisotopic (exact) mass is 255 g/mol. The summed E-state index contributed by atoms with van der Waals surface area (Å²) in [4.78, 5) is 0. The van der Waals surface area contributed by atoms with Gasteiger partial charge in [0.25, 0.3) is 0 Å². The van der Waals surface area contributed by atoms with E-state index in [1.54, 1.807) is 6.20 Å². The second-order valence-corrected chi connectivity index (χ2v) is 6.34. The molecule has 2 heterocycles. The van der Waals surface area contributed by atoms with Crippen LogP contribution in [-0.4, -0.2) is 15.7 Å². The molecular weight excluding hydrogens is 234 g/mol. The van der Waals surface area contributed by atoms with Crippen molar-refractivity contribution in [2.45, 2.75) is 45.6 Å². The molecule has 0 radical (unpaired) electrons. The minimum absolute atomic E-state index is 0.160. The first kappa shape index (κ1) is 12.3. The van der Waals surface area contributed by atoms with Gasteiger partial charge < -0.3 is 5.32 Å². The Balaban J connectivity index is 2.13. The first-order valence-corrected chi connectivity index (χ1v) is 6.89. The number of aromatic nitrogens is 2. The summed E-state index contributed by atoms with van der Waals surface area (Å²) in [5, 5.41) is 10.8. The number of fused-ring (bicyclic) bond motifs is 1. The summed E-state index contributed by atoms with van der Waals surface area (Å²) < 4.78 is 0. The molecule has 1 aliphatic heterocycles. The summed E-state index contributed by atoms with van der Waals surface area (Å²) >= 11 is 0. The van der Waals surface area contributed by atoms with Crippen molar-refractivity contribution in [2.24, 2.45) is 0 Å². The molecule has 100 valence electrons. The van der Waals surface area contributed by atoms with Crippen LogP contribution in [0.2, 0.25) is 0 Å². The average molecular weight is 255 g/mol. The Morgan fingerprint density at radius 1 is 1.32 bits per heavy atom. The van der Waals surface area contributed by atoms with Gasteiger partial charge in [0.2, 0.25) is 0 Å². The summed E-state index contributed by atoms with van der Waals surface area (Å²) in [6, 6.07) is 6.60. The van der Waals surface area contributed by atoms with Crippen LogP contribution in [0.1, 0.15) is 44.2 Å². The van der Waals surface area contributed by atoms with Gasteiger partial charge in [0.05, 0.1) is 5.69 Å². The van der Waals surface area contributed by atoms with Crippen molar-refractivity contribution in [3.05, 3.63) is 35.5 Å². The molecule has 2 aromatic rings. The van der Waals surface area contributed by atoms with E-state index in [2.05, 4.69) is 55.3 Å². The maximum absolute atomic E-state index is 4.05. The van der Waals surface area contributed by atoms with Gasteiger partial charge in [0.15, 0.2) is 0 Å². The summed E-state index contributed by atoms with van der Waals surface area (Å²) in [7, 11) is 0. The quantitative estimate of drug-likeness (QED) is 0.806. The van der Waals surface area contributed by atoms with Crippen LogP contribution in [0, 0.1) is 6.92 Å². The van der Waals surface area contributed by atoms with Crippen LogP contribution in [0.25, 0.3) is 11.3 Å². The van der Waals surface area contributed by atoms with E-state index in [4.69, 9.17) is 0 Å². The molecule has 0 aliphatic carbocycles. The smallest absolute Gasteiger partial charge is 0.0653 e. The van der Waals surface area contributed by atoms with Crippen LogP contribution in [0.4, 0.5) is 5.69 Å². The topological polar surface area (TPSA) is 40.7 Å². The zero-order valence-corrected chi connectivity index (χ0v) is 12.0. The largest absolute Gasteiger partial charge is 0.380 e. The van der Waals surface area contributed by atoms with Crippen molar-refractivity contribution in [1.29, 1.82) is 0 Å². The van der Waals surface area contributed by atoms with Gasteiger partial charge in [-0.05, 0) is 56.4 Å². The van der Waals surface area contributed by atoms with Crippen LogP contribution in [-0.2, 0) is 0 Å². The molecule has 1 atom stereocenters. The molecule has 0 bridgehead atoms. The highest BCUT2D eigenvalue weighted by Crippen LogP contribution is 2.41. The molecule has 3 rings (SSSR count). The van der Waals surface area contributed by atoms with E-state index in [0.29, 0.717) is 5.92 Å². The predicted octanol–water partition coefficient (Wildman–Crippen LogP) is 4.08. The second-order valence-electron chi connectivity index (χ2n) is 6.34. The molecule has 0 spiro atoms. The lowest BCUT2D eigenvalue weighted by Gasteiger charge is -2.38. The van der Waals surface area contributed by atoms with Gasteiger partial charge in [-0.2, -0.15) is 5.10 Å². The Morgan fingerprint density at radius 3 is 2.79 bits per heavy atom. The lowest BCUT2D eigenvalue weighted by Crippen LogP contribution is -2.36. The standard InChI is InChI=1S/C16H21N3/c1-10-7-12-11(2)9-16(3,4)18-15(12)8-13(10)14-5-6-17-19-14/h5-8,11,18H,9H2,1-4H3,(H,17,19)/t11-/m1/s1. The lowest BCUT2D eigenvalue weighted by atomic mass is 9.80. The third-order valence-corrected chi connectivity index (χ3v) is 4.01. The lowest BCUT2D eigenvalue weighted by molar-refractivity contribution is 0.454. The van der Waals surface area contributed by atoms with E-state index in [9.17, 15) is 0 Å². The van der Waals surface area contributed by atoms with Gasteiger partial charge in [-0.1, -0.05) is 13.0 Å². The first-order chi connectivity index (χ1) is 8.96. The van der Waals surface area contributed by atoms with Crippen LogP contribution < -0.4 is 5.32 Å². The molecule has 1 aliphatic rings. The van der Waals surface area contributed by atoms with Crippen molar-refractivity contribution in [3.8, 4) is 11.3 Å². The molecule has 19 heavy (non-hydrogen) atoms. The van der Waals surface area contributed by atoms with Crippen LogP contribution in [0.5, 0.6) is 0 Å². The Morgan fingerprint density at radius 2 is 2.11 bits per heavy atom. The second kappa shape index (κ2) is 4.12. The fourth-order valence-corrected chi connectivity index (χ4v) is 3.23. The number of H-pyrrole nitrogens is 1. The molecule has 3 nitrogen and oxygen atoms in total. The third-order valence-electron chi connectivity index (χ3n) is 4.01. The average Bonchev–Trinajstić information content (AvgIpc) is 2.82. The molecule has 0 amide bonds. The van der Waals surface area contributed by atoms with Gasteiger partial charge in [-0.15, -0.1) is 0 Å². The molecular formula is C16H21N3. The predicted molar refractivity (Wildman–Crippen MR) is 79.5 cm³/mol. The van der Waals surface area contributed by atoms with E-state index in [1.165, 1.54) is 28.8 Å². The summed E-state index contributed by atoms with van der Waals surface area (Å²) in [5.74, 6) is 0.598. The van der Waals surface area contributed by atoms with Gasteiger partial charge in [0.1, 0.15) is 0 Å². The minimum atomic E-state index is 0.160. The van der Waals surface area contributed by atoms with Crippen molar-refractivity contribution >= 4 is 5.69 Å². The third kappa shape index (κ3) is 2.14. The number of aryl methyl sites for hydroxylation is 1. The zero-order chi connectivity index (χ0) is 13.6. The number of rotatable bonds is 1. The summed E-state index contributed by atoms with van der Waals surface area (Å²) in [6.07, 6.45) is 2.97. The maximum atomic E-state index is 4.05. The Hall–Kier alpha value is -1.77. The van der Waals surface area contributed by atoms with Crippen LogP contribution >= 0.6 is 0 Å². The SMILES string of the molecule is Cc1cc2c(cc1-c1ccn[nH]1)NC(C)(C)C[C@H]2C. The highest BCUT2D eigenvalue weighted by Gasteiger charge is 2.29.